The number of rotatable bonds is 2. The van der Waals surface area contributed by atoms with Crippen LogP contribution < -0.4 is 11.3 Å². The third-order valence-corrected chi connectivity index (χ3v) is 3.69. The summed E-state index contributed by atoms with van der Waals surface area (Å²) in [4.78, 5) is 12.5. The predicted molar refractivity (Wildman–Crippen MR) is 66.9 cm³/mol. The van der Waals surface area contributed by atoms with Crippen molar-refractivity contribution in [3.8, 4) is 0 Å². The van der Waals surface area contributed by atoms with E-state index in [1.165, 1.54) is 11.3 Å². The lowest BCUT2D eigenvalue weighted by Gasteiger charge is -2.13. The molecule has 4 heteroatoms. The third kappa shape index (κ3) is 1.40. The monoisotopic (exact) mass is 234 g/mol. The molecular formula is C12H14N2OS. The Bertz CT molecular complexity index is 529. The molecule has 0 unspecified atom stereocenters. The van der Waals surface area contributed by atoms with Crippen LogP contribution in [0.2, 0.25) is 0 Å². The Morgan fingerprint density at radius 3 is 2.81 bits per heavy atom. The molecule has 0 bridgehead atoms. The number of fused-ring (bicyclic) bond motifs is 1. The van der Waals surface area contributed by atoms with Gasteiger partial charge in [0.2, 0.25) is 0 Å². The van der Waals surface area contributed by atoms with Crippen LogP contribution in [0.25, 0.3) is 0 Å². The number of hydrogen-bond donors (Lipinski definition) is 1. The number of nitrogens with two attached hydrogens (primary N) is 1. The summed E-state index contributed by atoms with van der Waals surface area (Å²) in [5, 5.41) is 0. The highest BCUT2D eigenvalue weighted by molar-refractivity contribution is 7.80. The molecule has 1 heterocycles. The summed E-state index contributed by atoms with van der Waals surface area (Å²) < 4.78 is 1.96. The van der Waals surface area contributed by atoms with Crippen molar-refractivity contribution in [2.45, 2.75) is 38.1 Å². The third-order valence-electron chi connectivity index (χ3n) is 3.47. The quantitative estimate of drug-likeness (QED) is 0.785. The van der Waals surface area contributed by atoms with Crippen LogP contribution in [0.15, 0.2) is 10.9 Å². The van der Waals surface area contributed by atoms with Crippen LogP contribution in [-0.4, -0.2) is 9.56 Å². The van der Waals surface area contributed by atoms with Crippen molar-refractivity contribution in [2.75, 3.05) is 0 Å². The molecule has 0 spiro atoms. The average Bonchev–Trinajstić information content (AvgIpc) is 2.94. The Labute approximate surface area is 99.3 Å². The molecule has 1 saturated carbocycles. The largest absolute Gasteiger partial charge is 0.389 e. The van der Waals surface area contributed by atoms with Crippen LogP contribution in [-0.2, 0) is 12.8 Å². The van der Waals surface area contributed by atoms with Crippen molar-refractivity contribution in [3.05, 3.63) is 33.2 Å². The fourth-order valence-corrected chi connectivity index (χ4v) is 2.71. The van der Waals surface area contributed by atoms with Crippen LogP contribution in [0.4, 0.5) is 0 Å². The van der Waals surface area contributed by atoms with Gasteiger partial charge in [-0.2, -0.15) is 0 Å². The summed E-state index contributed by atoms with van der Waals surface area (Å²) in [6, 6.07) is 2.32. The molecule has 84 valence electrons. The van der Waals surface area contributed by atoms with Gasteiger partial charge in [0.15, 0.2) is 0 Å². The Kier molecular flexibility index (Phi) is 2.14. The Morgan fingerprint density at radius 2 is 2.19 bits per heavy atom. The van der Waals surface area contributed by atoms with Crippen molar-refractivity contribution in [3.63, 3.8) is 0 Å². The minimum atomic E-state index is 0.0238. The highest BCUT2D eigenvalue weighted by Crippen LogP contribution is 2.37. The van der Waals surface area contributed by atoms with Gasteiger partial charge in [-0.15, -0.1) is 0 Å². The van der Waals surface area contributed by atoms with E-state index in [0.29, 0.717) is 11.6 Å². The van der Waals surface area contributed by atoms with E-state index in [1.807, 2.05) is 10.6 Å². The number of hydrogen-bond acceptors (Lipinski definition) is 2. The van der Waals surface area contributed by atoms with Crippen molar-refractivity contribution in [2.24, 2.45) is 5.73 Å². The molecule has 3 nitrogen and oxygen atoms in total. The summed E-state index contributed by atoms with van der Waals surface area (Å²) >= 11 is 4.95. The Morgan fingerprint density at radius 1 is 1.44 bits per heavy atom. The van der Waals surface area contributed by atoms with E-state index >= 15 is 0 Å². The summed E-state index contributed by atoms with van der Waals surface area (Å²) in [6.07, 6.45) is 5.46. The van der Waals surface area contributed by atoms with Gasteiger partial charge in [-0.25, -0.2) is 0 Å². The molecule has 3 rings (SSSR count). The topological polar surface area (TPSA) is 48.0 Å². The predicted octanol–water partition coefficient (Wildman–Crippen LogP) is 1.31. The van der Waals surface area contributed by atoms with E-state index in [-0.39, 0.29) is 10.5 Å². The van der Waals surface area contributed by atoms with Gasteiger partial charge in [0.25, 0.3) is 5.56 Å². The second-order valence-corrected chi connectivity index (χ2v) is 5.09. The van der Waals surface area contributed by atoms with Gasteiger partial charge in [0.05, 0.1) is 5.56 Å². The minimum Gasteiger partial charge on any atom is -0.389 e. The Hall–Kier alpha value is -1.16. The zero-order valence-electron chi connectivity index (χ0n) is 9.03. The van der Waals surface area contributed by atoms with Crippen molar-refractivity contribution >= 4 is 17.2 Å². The summed E-state index contributed by atoms with van der Waals surface area (Å²) in [7, 11) is 0. The molecule has 0 amide bonds. The number of thiocarbonyl (C=S) groups is 1. The molecule has 0 aliphatic heterocycles. The maximum absolute atomic E-state index is 12.2. The molecule has 2 N–H and O–H groups in total. The van der Waals surface area contributed by atoms with Crippen molar-refractivity contribution in [1.29, 1.82) is 0 Å². The zero-order chi connectivity index (χ0) is 11.3. The molecular weight excluding hydrogens is 220 g/mol. The molecule has 1 fully saturated rings. The summed E-state index contributed by atoms with van der Waals surface area (Å²) in [6.45, 7) is 0. The highest BCUT2D eigenvalue weighted by atomic mass is 32.1. The fraction of sp³-hybridized carbons (Fsp3) is 0.500. The zero-order valence-corrected chi connectivity index (χ0v) is 9.85. The Balaban J connectivity index is 2.28. The van der Waals surface area contributed by atoms with Crippen LogP contribution >= 0.6 is 12.2 Å². The summed E-state index contributed by atoms with van der Waals surface area (Å²) in [5.74, 6) is 0. The van der Waals surface area contributed by atoms with Gasteiger partial charge in [-0.1, -0.05) is 12.2 Å². The lowest BCUT2D eigenvalue weighted by Crippen LogP contribution is -2.30. The van der Waals surface area contributed by atoms with E-state index in [4.69, 9.17) is 18.0 Å². The molecule has 2 aliphatic carbocycles. The van der Waals surface area contributed by atoms with Gasteiger partial charge < -0.3 is 10.3 Å². The molecule has 0 saturated heterocycles. The number of aryl methyl sites for hydroxylation is 1. The molecule has 2 aliphatic rings. The second-order valence-electron chi connectivity index (χ2n) is 4.65. The van der Waals surface area contributed by atoms with E-state index < -0.39 is 0 Å². The van der Waals surface area contributed by atoms with Gasteiger partial charge in [0.1, 0.15) is 4.99 Å². The standard InChI is InChI=1S/C12H14N2OS/c13-11(16)9-6-7-2-1-3-10(7)14(12(9)15)8-4-5-8/h6,8H,1-5H2,(H2,13,16). The highest BCUT2D eigenvalue weighted by Gasteiger charge is 2.30. The van der Waals surface area contributed by atoms with E-state index in [1.54, 1.807) is 0 Å². The first-order chi connectivity index (χ1) is 7.68. The molecule has 0 atom stereocenters. The maximum Gasteiger partial charge on any atom is 0.261 e. The molecule has 0 aromatic carbocycles. The first-order valence-electron chi connectivity index (χ1n) is 5.75. The lowest BCUT2D eigenvalue weighted by atomic mass is 10.1. The number of pyridine rings is 1. The molecule has 0 radical (unpaired) electrons. The van der Waals surface area contributed by atoms with E-state index in [2.05, 4.69) is 0 Å². The molecule has 1 aromatic heterocycles. The van der Waals surface area contributed by atoms with Crippen molar-refractivity contribution < 1.29 is 0 Å². The number of nitrogens with zero attached hydrogens (tertiary/aromatic N) is 1. The fourth-order valence-electron chi connectivity index (χ4n) is 2.57. The molecule has 16 heavy (non-hydrogen) atoms. The lowest BCUT2D eigenvalue weighted by molar-refractivity contribution is 0.663. The van der Waals surface area contributed by atoms with E-state index in [0.717, 1.165) is 32.1 Å². The van der Waals surface area contributed by atoms with Crippen LogP contribution in [0.1, 0.15) is 42.1 Å². The van der Waals surface area contributed by atoms with Gasteiger partial charge in [-0.05, 0) is 43.7 Å². The maximum atomic E-state index is 12.2. The first kappa shape index (κ1) is 10.0. The van der Waals surface area contributed by atoms with Crippen LogP contribution in [0.5, 0.6) is 0 Å². The first-order valence-corrected chi connectivity index (χ1v) is 6.16. The van der Waals surface area contributed by atoms with E-state index in [9.17, 15) is 4.79 Å². The van der Waals surface area contributed by atoms with Gasteiger partial charge >= 0.3 is 0 Å². The SMILES string of the molecule is NC(=S)c1cc2c(n(C3CC3)c1=O)CCC2. The van der Waals surface area contributed by atoms with Gasteiger partial charge in [-0.3, -0.25) is 4.79 Å². The summed E-state index contributed by atoms with van der Waals surface area (Å²) in [5.41, 5.74) is 8.67. The normalized spacial score (nSPS) is 18.5. The average molecular weight is 234 g/mol. The van der Waals surface area contributed by atoms with Crippen molar-refractivity contribution in [1.82, 2.24) is 4.57 Å². The second kappa shape index (κ2) is 3.42. The van der Waals surface area contributed by atoms with Crippen LogP contribution in [0.3, 0.4) is 0 Å². The number of aromatic nitrogens is 1. The molecule has 1 aromatic rings. The minimum absolute atomic E-state index is 0.0238. The van der Waals surface area contributed by atoms with Gasteiger partial charge in [0, 0.05) is 11.7 Å². The smallest absolute Gasteiger partial charge is 0.261 e. The van der Waals surface area contributed by atoms with Crippen LogP contribution in [0, 0.1) is 0 Å².